The summed E-state index contributed by atoms with van der Waals surface area (Å²) in [6.45, 7) is 0.562. The van der Waals surface area contributed by atoms with E-state index in [1.807, 2.05) is 16.0 Å². The van der Waals surface area contributed by atoms with Gasteiger partial charge in [0.15, 0.2) is 10.8 Å². The lowest BCUT2D eigenvalue weighted by atomic mass is 10.3. The third-order valence-corrected chi connectivity index (χ3v) is 3.54. The molecule has 1 fully saturated rings. The number of hydrogen-bond acceptors (Lipinski definition) is 6. The number of aromatic nitrogens is 2. The molecule has 1 aliphatic rings. The highest BCUT2D eigenvalue weighted by Crippen LogP contribution is 2.24. The van der Waals surface area contributed by atoms with E-state index in [-0.39, 0.29) is 24.9 Å². The van der Waals surface area contributed by atoms with Gasteiger partial charge in [0.1, 0.15) is 0 Å². The Bertz CT molecular complexity index is 615. The van der Waals surface area contributed by atoms with Crippen molar-refractivity contribution in [3.63, 3.8) is 0 Å². The molecule has 1 aliphatic heterocycles. The third kappa shape index (κ3) is 1.66. The second-order valence-corrected chi connectivity index (χ2v) is 4.84. The third-order valence-electron chi connectivity index (χ3n) is 2.78. The van der Waals surface area contributed by atoms with E-state index in [9.17, 15) is 9.59 Å². The van der Waals surface area contributed by atoms with Crippen molar-refractivity contribution in [2.24, 2.45) is 5.73 Å². The van der Waals surface area contributed by atoms with E-state index in [1.54, 1.807) is 4.90 Å². The molecule has 7 nitrogen and oxygen atoms in total. The molecule has 0 saturated carbocycles. The first kappa shape index (κ1) is 11.2. The summed E-state index contributed by atoms with van der Waals surface area (Å²) in [4.78, 5) is 29.6. The van der Waals surface area contributed by atoms with Gasteiger partial charge in [0.2, 0.25) is 11.8 Å². The number of amides is 2. The Morgan fingerprint density at radius 3 is 2.78 bits per heavy atom. The van der Waals surface area contributed by atoms with Gasteiger partial charge < -0.3 is 10.6 Å². The number of nitrogens with zero attached hydrogens (tertiary/aromatic N) is 3. The predicted octanol–water partition coefficient (Wildman–Crippen LogP) is -0.683. The summed E-state index contributed by atoms with van der Waals surface area (Å²) in [5, 5.41) is 4.18. The van der Waals surface area contributed by atoms with E-state index < -0.39 is 0 Å². The second-order valence-electron chi connectivity index (χ2n) is 3.97. The average Bonchev–Trinajstić information content (AvgIpc) is 2.86. The molecule has 2 aromatic heterocycles. The van der Waals surface area contributed by atoms with Crippen LogP contribution in [0.2, 0.25) is 0 Å². The molecule has 3 rings (SSSR count). The Morgan fingerprint density at radius 1 is 1.39 bits per heavy atom. The van der Waals surface area contributed by atoms with E-state index in [4.69, 9.17) is 5.73 Å². The molecule has 2 amide bonds. The van der Waals surface area contributed by atoms with Gasteiger partial charge in [-0.2, -0.15) is 0 Å². The molecule has 0 radical (unpaired) electrons. The van der Waals surface area contributed by atoms with Crippen LogP contribution in [-0.2, 0) is 16.1 Å². The molecule has 18 heavy (non-hydrogen) atoms. The highest BCUT2D eigenvalue weighted by molar-refractivity contribution is 7.15. The molecule has 0 aromatic carbocycles. The predicted molar refractivity (Wildman–Crippen MR) is 66.3 cm³/mol. The molecule has 1 saturated heterocycles. The summed E-state index contributed by atoms with van der Waals surface area (Å²) >= 11 is 1.49. The summed E-state index contributed by atoms with van der Waals surface area (Å²) in [6, 6.07) is 0. The summed E-state index contributed by atoms with van der Waals surface area (Å²) in [7, 11) is 0. The number of nitrogens with one attached hydrogen (secondary N) is 1. The van der Waals surface area contributed by atoms with Gasteiger partial charge in [-0.3, -0.25) is 19.3 Å². The van der Waals surface area contributed by atoms with Crippen LogP contribution in [0.25, 0.3) is 4.96 Å². The Morgan fingerprint density at radius 2 is 2.11 bits per heavy atom. The number of hydrogen-bond donors (Lipinski definition) is 2. The van der Waals surface area contributed by atoms with Gasteiger partial charge >= 0.3 is 0 Å². The van der Waals surface area contributed by atoms with Gasteiger partial charge in [-0.25, -0.2) is 4.98 Å². The minimum Gasteiger partial charge on any atom is -0.336 e. The topological polar surface area (TPSA) is 92.7 Å². The maximum absolute atomic E-state index is 11.4. The molecule has 94 valence electrons. The number of imidazole rings is 1. The first-order chi connectivity index (χ1) is 8.69. The van der Waals surface area contributed by atoms with Crippen molar-refractivity contribution < 1.29 is 9.59 Å². The van der Waals surface area contributed by atoms with Gasteiger partial charge in [0, 0.05) is 18.1 Å². The zero-order chi connectivity index (χ0) is 12.7. The molecular formula is C10H11N5O2S. The number of piperazine rings is 1. The van der Waals surface area contributed by atoms with Gasteiger partial charge in [0.05, 0.1) is 18.8 Å². The average molecular weight is 265 g/mol. The molecule has 0 aliphatic carbocycles. The summed E-state index contributed by atoms with van der Waals surface area (Å²) in [5.41, 5.74) is 6.54. The van der Waals surface area contributed by atoms with Crippen LogP contribution in [0.5, 0.6) is 0 Å². The van der Waals surface area contributed by atoms with Gasteiger partial charge in [-0.15, -0.1) is 11.3 Å². The van der Waals surface area contributed by atoms with Crippen LogP contribution in [0.4, 0.5) is 5.82 Å². The Hall–Kier alpha value is -1.93. The normalized spacial score (nSPS) is 16.4. The van der Waals surface area contributed by atoms with Crippen LogP contribution in [-0.4, -0.2) is 34.3 Å². The van der Waals surface area contributed by atoms with Crippen molar-refractivity contribution in [3.8, 4) is 0 Å². The van der Waals surface area contributed by atoms with Gasteiger partial charge in [0.25, 0.3) is 0 Å². The SMILES string of the molecule is NCc1c(N2CC(=O)NC(=O)C2)nc2sccn12. The fourth-order valence-electron chi connectivity index (χ4n) is 2.05. The molecule has 0 atom stereocenters. The molecule has 8 heteroatoms. The molecule has 3 heterocycles. The molecule has 0 spiro atoms. The summed E-state index contributed by atoms with van der Waals surface area (Å²) in [6.07, 6.45) is 1.88. The fraction of sp³-hybridized carbons (Fsp3) is 0.300. The highest BCUT2D eigenvalue weighted by atomic mass is 32.1. The zero-order valence-electron chi connectivity index (χ0n) is 9.42. The van der Waals surface area contributed by atoms with Crippen molar-refractivity contribution in [1.29, 1.82) is 0 Å². The largest absolute Gasteiger partial charge is 0.336 e. The van der Waals surface area contributed by atoms with Gasteiger partial charge in [-0.1, -0.05) is 0 Å². The van der Waals surface area contributed by atoms with Crippen molar-refractivity contribution in [2.45, 2.75) is 6.54 Å². The number of nitrogens with two attached hydrogens (primary N) is 1. The lowest BCUT2D eigenvalue weighted by molar-refractivity contribution is -0.130. The first-order valence-corrected chi connectivity index (χ1v) is 6.29. The van der Waals surface area contributed by atoms with E-state index >= 15 is 0 Å². The van der Waals surface area contributed by atoms with Crippen molar-refractivity contribution in [3.05, 3.63) is 17.3 Å². The summed E-state index contributed by atoms with van der Waals surface area (Å²) < 4.78 is 1.89. The highest BCUT2D eigenvalue weighted by Gasteiger charge is 2.27. The lowest BCUT2D eigenvalue weighted by Crippen LogP contribution is -2.52. The Kier molecular flexibility index (Phi) is 2.53. The number of imide groups is 1. The number of rotatable bonds is 2. The van der Waals surface area contributed by atoms with E-state index in [0.717, 1.165) is 10.7 Å². The number of carbonyl (C=O) groups excluding carboxylic acids is 2. The maximum atomic E-state index is 11.4. The van der Waals surface area contributed by atoms with Crippen LogP contribution >= 0.6 is 11.3 Å². The molecule has 0 unspecified atom stereocenters. The molecular weight excluding hydrogens is 254 g/mol. The van der Waals surface area contributed by atoms with Crippen LogP contribution in [0, 0.1) is 0 Å². The summed E-state index contributed by atoms with van der Waals surface area (Å²) in [5.74, 6) is -0.0105. The van der Waals surface area contributed by atoms with E-state index in [2.05, 4.69) is 10.3 Å². The van der Waals surface area contributed by atoms with E-state index in [1.165, 1.54) is 11.3 Å². The van der Waals surface area contributed by atoms with E-state index in [0.29, 0.717) is 12.4 Å². The van der Waals surface area contributed by atoms with Crippen LogP contribution < -0.4 is 16.0 Å². The van der Waals surface area contributed by atoms with Crippen molar-refractivity contribution in [2.75, 3.05) is 18.0 Å². The Labute approximate surface area is 106 Å². The zero-order valence-corrected chi connectivity index (χ0v) is 10.2. The first-order valence-electron chi connectivity index (χ1n) is 5.41. The second kappa shape index (κ2) is 4.07. The maximum Gasteiger partial charge on any atom is 0.246 e. The monoisotopic (exact) mass is 265 g/mol. The minimum atomic E-state index is -0.314. The molecule has 2 aromatic rings. The Balaban J connectivity index is 2.05. The van der Waals surface area contributed by atoms with Crippen molar-refractivity contribution >= 4 is 33.9 Å². The quantitative estimate of drug-likeness (QED) is 0.702. The van der Waals surface area contributed by atoms with Gasteiger partial charge in [-0.05, 0) is 0 Å². The molecule has 3 N–H and O–H groups in total. The molecule has 0 bridgehead atoms. The number of fused-ring (bicyclic) bond motifs is 1. The van der Waals surface area contributed by atoms with Crippen molar-refractivity contribution in [1.82, 2.24) is 14.7 Å². The van der Waals surface area contributed by atoms with Crippen LogP contribution in [0.3, 0.4) is 0 Å². The lowest BCUT2D eigenvalue weighted by Gasteiger charge is -2.26. The van der Waals surface area contributed by atoms with Crippen LogP contribution in [0.1, 0.15) is 5.69 Å². The number of thiazole rings is 1. The standard InChI is InChI=1S/C10H11N5O2S/c11-3-6-9(13-10-15(6)1-2-18-10)14-4-7(16)12-8(17)5-14/h1-2H,3-5,11H2,(H,12,16,17). The number of carbonyl (C=O) groups is 2. The van der Waals surface area contributed by atoms with Crippen LogP contribution in [0.15, 0.2) is 11.6 Å². The smallest absolute Gasteiger partial charge is 0.246 e. The number of anilines is 1. The fourth-order valence-corrected chi connectivity index (χ4v) is 2.78. The minimum absolute atomic E-state index is 0.129.